The number of benzene rings is 1. The van der Waals surface area contributed by atoms with E-state index in [1.54, 1.807) is 5.01 Å². The van der Waals surface area contributed by atoms with E-state index in [9.17, 15) is 19.8 Å². The lowest BCUT2D eigenvalue weighted by Crippen LogP contribution is -2.51. The number of aliphatic hydroxyl groups is 1. The molecule has 0 aromatic heterocycles. The lowest BCUT2D eigenvalue weighted by molar-refractivity contribution is -0.145. The maximum atomic E-state index is 12.7. The predicted octanol–water partition coefficient (Wildman–Crippen LogP) is 1.61. The number of carbonyl (C=O) groups is 2. The Hall–Kier alpha value is -2.80. The van der Waals surface area contributed by atoms with E-state index in [0.29, 0.717) is 5.70 Å². The van der Waals surface area contributed by atoms with Crippen molar-refractivity contribution in [1.29, 1.82) is 0 Å². The van der Waals surface area contributed by atoms with E-state index in [0.717, 1.165) is 37.2 Å². The molecule has 3 N–H and O–H groups in total. The number of aliphatic carboxylic acids is 1. The fraction of sp³-hybridized carbons (Fsp3) is 0.333. The van der Waals surface area contributed by atoms with Crippen molar-refractivity contribution >= 4 is 23.1 Å². The minimum Gasteiger partial charge on any atom is -0.507 e. The smallest absolute Gasteiger partial charge is 0.332 e. The molecule has 1 unspecified atom stereocenters. The Bertz CT molecular complexity index is 808. The summed E-state index contributed by atoms with van der Waals surface area (Å²) >= 11 is 0. The number of para-hydroxylation sites is 1. The zero-order chi connectivity index (χ0) is 17.6. The van der Waals surface area contributed by atoms with Gasteiger partial charge in [0.15, 0.2) is 11.8 Å². The third kappa shape index (κ3) is 2.47. The summed E-state index contributed by atoms with van der Waals surface area (Å²) in [5.41, 5.74) is 2.13. The minimum absolute atomic E-state index is 0.0549. The SMILES string of the molecule is O=C1CNc2ccccc2C2=C1C(O)=CC(C(=O)O)N2N1CCCC1. The highest BCUT2D eigenvalue weighted by atomic mass is 16.4. The Morgan fingerprint density at radius 3 is 2.64 bits per heavy atom. The van der Waals surface area contributed by atoms with Crippen molar-refractivity contribution in [2.24, 2.45) is 0 Å². The van der Waals surface area contributed by atoms with Crippen molar-refractivity contribution in [1.82, 2.24) is 10.0 Å². The summed E-state index contributed by atoms with van der Waals surface area (Å²) < 4.78 is 0. The van der Waals surface area contributed by atoms with Gasteiger partial charge in [0.05, 0.1) is 17.8 Å². The molecule has 130 valence electrons. The van der Waals surface area contributed by atoms with Gasteiger partial charge in [-0.05, 0) is 25.0 Å². The molecule has 1 atom stereocenters. The second-order valence-corrected chi connectivity index (χ2v) is 6.39. The molecule has 1 aromatic rings. The third-order valence-electron chi connectivity index (χ3n) is 4.84. The Labute approximate surface area is 144 Å². The molecule has 1 fully saturated rings. The number of carbonyl (C=O) groups excluding carboxylic acids is 1. The van der Waals surface area contributed by atoms with Crippen LogP contribution < -0.4 is 5.32 Å². The van der Waals surface area contributed by atoms with Crippen LogP contribution in [0.15, 0.2) is 41.7 Å². The van der Waals surface area contributed by atoms with Gasteiger partial charge in [-0.15, -0.1) is 0 Å². The first-order valence-electron chi connectivity index (χ1n) is 8.36. The van der Waals surface area contributed by atoms with Crippen LogP contribution in [0.3, 0.4) is 0 Å². The van der Waals surface area contributed by atoms with Crippen LogP contribution in [0.2, 0.25) is 0 Å². The summed E-state index contributed by atoms with van der Waals surface area (Å²) in [6.07, 6.45) is 3.19. The van der Waals surface area contributed by atoms with Gasteiger partial charge in [-0.1, -0.05) is 18.2 Å². The van der Waals surface area contributed by atoms with E-state index in [2.05, 4.69) is 5.32 Å². The number of anilines is 1. The number of fused-ring (bicyclic) bond motifs is 2. The van der Waals surface area contributed by atoms with Crippen LogP contribution in [0.1, 0.15) is 18.4 Å². The number of aliphatic hydroxyl groups excluding tert-OH is 1. The van der Waals surface area contributed by atoms with Crippen molar-refractivity contribution in [2.45, 2.75) is 18.9 Å². The molecular formula is C18H19N3O4. The molecule has 3 aliphatic rings. The fourth-order valence-electron chi connectivity index (χ4n) is 3.73. The number of nitrogens with zero attached hydrogens (tertiary/aromatic N) is 2. The van der Waals surface area contributed by atoms with Crippen LogP contribution in [-0.4, -0.2) is 57.7 Å². The first kappa shape index (κ1) is 15.7. The van der Waals surface area contributed by atoms with Crippen molar-refractivity contribution in [2.75, 3.05) is 25.0 Å². The summed E-state index contributed by atoms with van der Waals surface area (Å²) in [7, 11) is 0. The number of rotatable bonds is 2. The molecule has 3 aliphatic heterocycles. The van der Waals surface area contributed by atoms with E-state index in [-0.39, 0.29) is 23.7 Å². The summed E-state index contributed by atoms with van der Waals surface area (Å²) in [4.78, 5) is 24.5. The summed E-state index contributed by atoms with van der Waals surface area (Å²) in [5, 5.41) is 26.9. The first-order chi connectivity index (χ1) is 12.1. The molecule has 1 aromatic carbocycles. The lowest BCUT2D eigenvalue weighted by Gasteiger charge is -2.41. The second-order valence-electron chi connectivity index (χ2n) is 6.39. The van der Waals surface area contributed by atoms with Gasteiger partial charge >= 0.3 is 5.97 Å². The largest absolute Gasteiger partial charge is 0.507 e. The number of hydrogen-bond donors (Lipinski definition) is 3. The maximum Gasteiger partial charge on any atom is 0.332 e. The van der Waals surface area contributed by atoms with E-state index < -0.39 is 12.0 Å². The minimum atomic E-state index is -1.06. The maximum absolute atomic E-state index is 12.7. The zero-order valence-electron chi connectivity index (χ0n) is 13.6. The zero-order valence-corrected chi connectivity index (χ0v) is 13.6. The van der Waals surface area contributed by atoms with Crippen LogP contribution in [-0.2, 0) is 9.59 Å². The van der Waals surface area contributed by atoms with Crippen LogP contribution in [0, 0.1) is 0 Å². The molecule has 0 saturated carbocycles. The summed E-state index contributed by atoms with van der Waals surface area (Å²) in [6, 6.07) is 6.35. The molecule has 1 saturated heterocycles. The molecule has 0 amide bonds. The third-order valence-corrected chi connectivity index (χ3v) is 4.84. The number of hydrazine groups is 1. The fourth-order valence-corrected chi connectivity index (χ4v) is 3.73. The molecule has 25 heavy (non-hydrogen) atoms. The number of carboxylic acids is 1. The lowest BCUT2D eigenvalue weighted by atomic mass is 9.95. The van der Waals surface area contributed by atoms with Gasteiger partial charge in [0, 0.05) is 24.3 Å². The molecule has 0 aliphatic carbocycles. The number of allylic oxidation sites excluding steroid dienone is 1. The van der Waals surface area contributed by atoms with E-state index >= 15 is 0 Å². The van der Waals surface area contributed by atoms with Gasteiger partial charge < -0.3 is 15.5 Å². The Morgan fingerprint density at radius 2 is 1.92 bits per heavy atom. The van der Waals surface area contributed by atoms with E-state index in [1.807, 2.05) is 29.3 Å². The molecular weight excluding hydrogens is 322 g/mol. The van der Waals surface area contributed by atoms with Crippen LogP contribution in [0.5, 0.6) is 0 Å². The molecule has 0 bridgehead atoms. The average molecular weight is 341 g/mol. The first-order valence-corrected chi connectivity index (χ1v) is 8.36. The van der Waals surface area contributed by atoms with Crippen molar-refractivity contribution in [3.05, 3.63) is 47.2 Å². The van der Waals surface area contributed by atoms with Gasteiger partial charge in [0.2, 0.25) is 0 Å². The summed E-state index contributed by atoms with van der Waals surface area (Å²) in [5.74, 6) is -1.58. The van der Waals surface area contributed by atoms with Gasteiger partial charge in [0.1, 0.15) is 5.76 Å². The molecule has 0 radical (unpaired) electrons. The van der Waals surface area contributed by atoms with Gasteiger partial charge in [-0.2, -0.15) is 0 Å². The monoisotopic (exact) mass is 341 g/mol. The van der Waals surface area contributed by atoms with Crippen LogP contribution >= 0.6 is 0 Å². The average Bonchev–Trinajstić information content (AvgIpc) is 3.08. The van der Waals surface area contributed by atoms with E-state index in [4.69, 9.17) is 0 Å². The number of Topliss-reactive ketones (excluding diaryl/α,β-unsaturated/α-hetero) is 1. The Kier molecular flexibility index (Phi) is 3.73. The van der Waals surface area contributed by atoms with Gasteiger partial charge in [-0.25, -0.2) is 9.80 Å². The topological polar surface area (TPSA) is 93.1 Å². The van der Waals surface area contributed by atoms with Crippen LogP contribution in [0.4, 0.5) is 5.69 Å². The molecule has 4 rings (SSSR count). The van der Waals surface area contributed by atoms with Gasteiger partial charge in [-0.3, -0.25) is 9.80 Å². The highest BCUT2D eigenvalue weighted by Crippen LogP contribution is 2.40. The highest BCUT2D eigenvalue weighted by Gasteiger charge is 2.41. The standard InChI is InChI=1S/C18H19N3O4/c22-14-9-13(18(24)25)21(20-7-3-4-8-20)17-11-5-1-2-6-12(11)19-10-15(23)16(14)17/h1-2,5-6,9,13,19,22H,3-4,7-8,10H2,(H,24,25). The van der Waals surface area contributed by atoms with E-state index in [1.165, 1.54) is 6.08 Å². The highest BCUT2D eigenvalue weighted by molar-refractivity contribution is 6.11. The summed E-state index contributed by atoms with van der Waals surface area (Å²) in [6.45, 7) is 1.50. The van der Waals surface area contributed by atoms with Crippen molar-refractivity contribution in [3.8, 4) is 0 Å². The quantitative estimate of drug-likeness (QED) is 0.752. The van der Waals surface area contributed by atoms with Crippen molar-refractivity contribution < 1.29 is 19.8 Å². The molecule has 0 spiro atoms. The predicted molar refractivity (Wildman–Crippen MR) is 91.6 cm³/mol. The number of hydrogen-bond acceptors (Lipinski definition) is 6. The Morgan fingerprint density at radius 1 is 1.20 bits per heavy atom. The molecule has 7 heteroatoms. The number of nitrogens with one attached hydrogen (secondary N) is 1. The Balaban J connectivity index is 1.97. The van der Waals surface area contributed by atoms with Gasteiger partial charge in [0.25, 0.3) is 0 Å². The molecule has 7 nitrogen and oxygen atoms in total. The second kappa shape index (κ2) is 5.93. The normalized spacial score (nSPS) is 23.5. The van der Waals surface area contributed by atoms with Crippen molar-refractivity contribution in [3.63, 3.8) is 0 Å². The molecule has 3 heterocycles. The van der Waals surface area contributed by atoms with Crippen LogP contribution in [0.25, 0.3) is 5.70 Å². The number of carboxylic acid groups (broad SMARTS) is 1. The number of ketones is 1.